The summed E-state index contributed by atoms with van der Waals surface area (Å²) < 4.78 is 3.25. The number of aromatic carboxylic acids is 1. The number of aryl methyl sites for hydroxylation is 3. The van der Waals surface area contributed by atoms with Gasteiger partial charge in [0.05, 0.1) is 5.56 Å². The Hall–Kier alpha value is -2.37. The van der Waals surface area contributed by atoms with Crippen molar-refractivity contribution in [1.82, 2.24) is 14.3 Å². The van der Waals surface area contributed by atoms with Crippen molar-refractivity contribution in [2.45, 2.75) is 26.8 Å². The van der Waals surface area contributed by atoms with Gasteiger partial charge in [-0.25, -0.2) is 4.79 Å². The number of carboxylic acid groups (broad SMARTS) is 1. The number of rotatable bonds is 4. The highest BCUT2D eigenvalue weighted by atomic mass is 16.4. The normalized spacial score (nSPS) is 10.8. The average molecular weight is 275 g/mol. The molecule has 2 rings (SSSR count). The zero-order valence-corrected chi connectivity index (χ0v) is 11.8. The summed E-state index contributed by atoms with van der Waals surface area (Å²) in [5, 5.41) is 13.3. The Morgan fingerprint density at radius 3 is 2.65 bits per heavy atom. The van der Waals surface area contributed by atoms with Crippen molar-refractivity contribution in [2.75, 3.05) is 0 Å². The minimum atomic E-state index is -1.01. The molecule has 0 amide bonds. The molecular weight excluding hydrogens is 258 g/mol. The molecule has 0 saturated heterocycles. The van der Waals surface area contributed by atoms with Crippen LogP contribution in [0, 0.1) is 13.8 Å². The third-order valence-corrected chi connectivity index (χ3v) is 3.49. The number of aromatic nitrogens is 3. The number of carboxylic acids is 1. The second-order valence-corrected chi connectivity index (χ2v) is 4.78. The maximum atomic E-state index is 12.0. The predicted molar refractivity (Wildman–Crippen MR) is 74.0 cm³/mol. The molecule has 0 radical (unpaired) electrons. The number of hydrogen-bond donors (Lipinski definition) is 1. The Labute approximate surface area is 116 Å². The number of hydrogen-bond acceptors (Lipinski definition) is 3. The molecule has 0 bridgehead atoms. The molecule has 1 N–H and O–H groups in total. The van der Waals surface area contributed by atoms with E-state index in [4.69, 9.17) is 0 Å². The van der Waals surface area contributed by atoms with Crippen molar-refractivity contribution in [3.05, 3.63) is 51.2 Å². The first kappa shape index (κ1) is 14.0. The molecule has 20 heavy (non-hydrogen) atoms. The summed E-state index contributed by atoms with van der Waals surface area (Å²) in [6, 6.07) is 3.26. The van der Waals surface area contributed by atoms with E-state index in [0.29, 0.717) is 24.2 Å². The van der Waals surface area contributed by atoms with E-state index in [9.17, 15) is 14.7 Å². The first-order valence-electron chi connectivity index (χ1n) is 6.33. The first-order valence-corrected chi connectivity index (χ1v) is 6.33. The van der Waals surface area contributed by atoms with E-state index >= 15 is 0 Å². The highest BCUT2D eigenvalue weighted by molar-refractivity contribution is 5.90. The summed E-state index contributed by atoms with van der Waals surface area (Å²) >= 11 is 0. The summed E-state index contributed by atoms with van der Waals surface area (Å²) in [6.07, 6.45) is 2.32. The van der Waals surface area contributed by atoms with Crippen LogP contribution in [0.5, 0.6) is 0 Å². The molecule has 0 aromatic carbocycles. The van der Waals surface area contributed by atoms with Crippen LogP contribution in [0.25, 0.3) is 0 Å². The fourth-order valence-electron chi connectivity index (χ4n) is 2.40. The van der Waals surface area contributed by atoms with Crippen LogP contribution in [0.3, 0.4) is 0 Å². The average Bonchev–Trinajstić information content (AvgIpc) is 2.73. The van der Waals surface area contributed by atoms with Crippen molar-refractivity contribution < 1.29 is 9.90 Å². The number of carbonyl (C=O) groups is 1. The van der Waals surface area contributed by atoms with E-state index in [1.165, 1.54) is 10.6 Å². The minimum absolute atomic E-state index is 0.174. The summed E-state index contributed by atoms with van der Waals surface area (Å²) in [5.74, 6) is -1.01. The van der Waals surface area contributed by atoms with Gasteiger partial charge in [0.15, 0.2) is 0 Å². The predicted octanol–water partition coefficient (Wildman–Crippen LogP) is 1.14. The molecular formula is C14H17N3O3. The lowest BCUT2D eigenvalue weighted by atomic mass is 10.1. The van der Waals surface area contributed by atoms with Gasteiger partial charge in [0.25, 0.3) is 5.56 Å². The Kier molecular flexibility index (Phi) is 3.74. The van der Waals surface area contributed by atoms with Crippen molar-refractivity contribution >= 4 is 5.97 Å². The topological polar surface area (TPSA) is 77.1 Å². The molecule has 6 nitrogen and oxygen atoms in total. The third kappa shape index (κ3) is 2.49. The van der Waals surface area contributed by atoms with Crippen LogP contribution in [0.1, 0.15) is 27.3 Å². The molecule has 2 heterocycles. The van der Waals surface area contributed by atoms with E-state index in [-0.39, 0.29) is 11.1 Å². The van der Waals surface area contributed by atoms with E-state index in [2.05, 4.69) is 5.10 Å². The van der Waals surface area contributed by atoms with E-state index in [0.717, 1.165) is 5.69 Å². The Balaban J connectivity index is 2.37. The highest BCUT2D eigenvalue weighted by Gasteiger charge is 2.15. The number of nitrogens with zero attached hydrogens (tertiary/aromatic N) is 3. The molecule has 0 aliphatic rings. The van der Waals surface area contributed by atoms with Crippen LogP contribution in [0.4, 0.5) is 0 Å². The summed E-state index contributed by atoms with van der Waals surface area (Å²) in [5.41, 5.74) is 2.01. The molecule has 0 saturated carbocycles. The van der Waals surface area contributed by atoms with Gasteiger partial charge < -0.3 is 9.67 Å². The second kappa shape index (κ2) is 5.32. The van der Waals surface area contributed by atoms with Crippen molar-refractivity contribution in [1.29, 1.82) is 0 Å². The standard InChI is InChI=1S/C14H17N3O3/c1-9-8-12(18)17(10(2)13(9)14(19)20)7-5-11-4-6-15-16(11)3/h4,6,8H,5,7H2,1-3H3,(H,19,20). The minimum Gasteiger partial charge on any atom is -0.478 e. The van der Waals surface area contributed by atoms with Crippen molar-refractivity contribution in [3.8, 4) is 0 Å². The lowest BCUT2D eigenvalue weighted by Gasteiger charge is -2.14. The molecule has 6 heteroatoms. The van der Waals surface area contributed by atoms with Gasteiger partial charge in [-0.3, -0.25) is 9.48 Å². The van der Waals surface area contributed by atoms with E-state index < -0.39 is 5.97 Å². The summed E-state index contributed by atoms with van der Waals surface area (Å²) in [6.45, 7) is 3.75. The quantitative estimate of drug-likeness (QED) is 0.907. The summed E-state index contributed by atoms with van der Waals surface area (Å²) in [4.78, 5) is 23.3. The van der Waals surface area contributed by atoms with Gasteiger partial charge in [0.2, 0.25) is 0 Å². The smallest absolute Gasteiger partial charge is 0.337 e. The van der Waals surface area contributed by atoms with Crippen LogP contribution in [-0.4, -0.2) is 25.4 Å². The van der Waals surface area contributed by atoms with Gasteiger partial charge in [0.1, 0.15) is 0 Å². The van der Waals surface area contributed by atoms with Crippen molar-refractivity contribution in [2.24, 2.45) is 7.05 Å². The number of pyridine rings is 1. The van der Waals surface area contributed by atoms with Crippen LogP contribution < -0.4 is 5.56 Å². The molecule has 0 spiro atoms. The molecule has 0 aliphatic heterocycles. The lowest BCUT2D eigenvalue weighted by molar-refractivity contribution is 0.0694. The van der Waals surface area contributed by atoms with Crippen LogP contribution >= 0.6 is 0 Å². The Morgan fingerprint density at radius 2 is 2.10 bits per heavy atom. The van der Waals surface area contributed by atoms with Crippen LogP contribution in [0.2, 0.25) is 0 Å². The largest absolute Gasteiger partial charge is 0.478 e. The van der Waals surface area contributed by atoms with E-state index in [1.807, 2.05) is 13.1 Å². The van der Waals surface area contributed by atoms with Gasteiger partial charge in [-0.15, -0.1) is 0 Å². The van der Waals surface area contributed by atoms with E-state index in [1.54, 1.807) is 24.7 Å². The van der Waals surface area contributed by atoms with Gasteiger partial charge >= 0.3 is 5.97 Å². The maximum absolute atomic E-state index is 12.0. The first-order chi connectivity index (χ1) is 9.41. The van der Waals surface area contributed by atoms with Gasteiger partial charge in [-0.1, -0.05) is 0 Å². The SMILES string of the molecule is Cc1cc(=O)n(CCc2ccnn2C)c(C)c1C(=O)O. The third-order valence-electron chi connectivity index (χ3n) is 3.49. The van der Waals surface area contributed by atoms with Gasteiger partial charge in [-0.2, -0.15) is 5.10 Å². The molecule has 0 aliphatic carbocycles. The molecule has 0 atom stereocenters. The van der Waals surface area contributed by atoms with Crippen LogP contribution in [-0.2, 0) is 20.0 Å². The monoisotopic (exact) mass is 275 g/mol. The second-order valence-electron chi connectivity index (χ2n) is 4.78. The zero-order valence-electron chi connectivity index (χ0n) is 11.8. The molecule has 2 aromatic rings. The fraction of sp³-hybridized carbons (Fsp3) is 0.357. The van der Waals surface area contributed by atoms with Crippen molar-refractivity contribution in [3.63, 3.8) is 0 Å². The highest BCUT2D eigenvalue weighted by Crippen LogP contribution is 2.12. The Morgan fingerprint density at radius 1 is 1.40 bits per heavy atom. The molecule has 106 valence electrons. The maximum Gasteiger partial charge on any atom is 0.337 e. The zero-order chi connectivity index (χ0) is 14.9. The fourth-order valence-corrected chi connectivity index (χ4v) is 2.40. The lowest BCUT2D eigenvalue weighted by Crippen LogP contribution is -2.26. The Bertz CT molecular complexity index is 713. The molecule has 0 fully saturated rings. The molecule has 2 aromatic heterocycles. The molecule has 0 unspecified atom stereocenters. The van der Waals surface area contributed by atoms with Gasteiger partial charge in [0, 0.05) is 43.7 Å². The van der Waals surface area contributed by atoms with Gasteiger partial charge in [-0.05, 0) is 25.5 Å². The summed E-state index contributed by atoms with van der Waals surface area (Å²) in [7, 11) is 1.84. The van der Waals surface area contributed by atoms with Crippen LogP contribution in [0.15, 0.2) is 23.1 Å².